The van der Waals surface area contributed by atoms with E-state index in [0.717, 1.165) is 0 Å². The lowest BCUT2D eigenvalue weighted by Gasteiger charge is -2.15. The number of rotatable bonds is 6. The summed E-state index contributed by atoms with van der Waals surface area (Å²) in [5.41, 5.74) is 0.903. The van der Waals surface area contributed by atoms with Crippen LogP contribution < -0.4 is 5.32 Å². The number of nitrogens with one attached hydrogen (secondary N) is 1. The summed E-state index contributed by atoms with van der Waals surface area (Å²) in [4.78, 5) is 25.9. The number of carbonyl (C=O) groups excluding carboxylic acids is 2. The molecule has 142 valence electrons. The third kappa shape index (κ3) is 3.60. The number of aromatic nitrogens is 2. The van der Waals surface area contributed by atoms with Gasteiger partial charge in [0.25, 0.3) is 11.8 Å². The van der Waals surface area contributed by atoms with Crippen molar-refractivity contribution in [1.29, 1.82) is 0 Å². The van der Waals surface area contributed by atoms with Gasteiger partial charge in [-0.05, 0) is 18.2 Å². The number of phenols is 1. The Morgan fingerprint density at radius 2 is 2.19 bits per heavy atom. The summed E-state index contributed by atoms with van der Waals surface area (Å²) in [6.45, 7) is 1.51. The van der Waals surface area contributed by atoms with Crippen LogP contribution in [0.15, 0.2) is 33.9 Å². The number of β-amino-alcohol motifs (C(OH)–C–C–N with tert-alkyl or cyclic N) is 1. The lowest BCUT2D eigenvalue weighted by Crippen LogP contribution is -2.31. The third-order valence-electron chi connectivity index (χ3n) is 3.98. The first-order valence-electron chi connectivity index (χ1n) is 8.06. The van der Waals surface area contributed by atoms with Gasteiger partial charge >= 0.3 is 5.97 Å². The van der Waals surface area contributed by atoms with E-state index in [0.29, 0.717) is 11.6 Å². The number of esters is 1. The molecule has 3 rings (SSSR count). The van der Waals surface area contributed by atoms with Gasteiger partial charge in [-0.25, -0.2) is 4.79 Å². The highest BCUT2D eigenvalue weighted by molar-refractivity contribution is 6.08. The fraction of sp³-hybridized carbons (Fsp3) is 0.294. The summed E-state index contributed by atoms with van der Waals surface area (Å²) in [6.07, 6.45) is 0. The second kappa shape index (κ2) is 7.46. The highest BCUT2D eigenvalue weighted by Crippen LogP contribution is 2.32. The van der Waals surface area contributed by atoms with Crippen molar-refractivity contribution < 1.29 is 29.0 Å². The first-order chi connectivity index (χ1) is 12.9. The molecule has 27 heavy (non-hydrogen) atoms. The van der Waals surface area contributed by atoms with Gasteiger partial charge in [0.05, 0.1) is 31.4 Å². The number of aromatic hydroxyl groups is 1. The number of amides is 1. The molecule has 1 aliphatic rings. The molecule has 0 unspecified atom stereocenters. The van der Waals surface area contributed by atoms with Gasteiger partial charge in [-0.2, -0.15) is 0 Å². The molecule has 0 saturated heterocycles. The Morgan fingerprint density at radius 3 is 2.81 bits per heavy atom. The number of ether oxygens (including phenoxy) is 1. The average molecular weight is 374 g/mol. The molecule has 10 heteroatoms. The SMILES string of the molecule is COC(=O)C1=C(Nc2ccc(O)c(-c3nnc(C)o3)c2)C(=O)N(CCO)C1. The second-order valence-electron chi connectivity index (χ2n) is 5.78. The fourth-order valence-electron chi connectivity index (χ4n) is 2.68. The Balaban J connectivity index is 1.95. The zero-order valence-corrected chi connectivity index (χ0v) is 14.7. The minimum atomic E-state index is -0.641. The number of methoxy groups -OCH3 is 1. The number of anilines is 1. The van der Waals surface area contributed by atoms with E-state index in [2.05, 4.69) is 15.5 Å². The topological polar surface area (TPSA) is 138 Å². The van der Waals surface area contributed by atoms with Crippen LogP contribution in [0.5, 0.6) is 5.75 Å². The number of aliphatic hydroxyl groups is 1. The maximum absolute atomic E-state index is 12.6. The molecule has 2 aromatic rings. The van der Waals surface area contributed by atoms with E-state index in [-0.39, 0.29) is 48.2 Å². The Bertz CT molecular complexity index is 920. The molecule has 1 amide bonds. The molecule has 0 atom stereocenters. The molecule has 0 aliphatic carbocycles. The van der Waals surface area contributed by atoms with Crippen molar-refractivity contribution in [1.82, 2.24) is 15.1 Å². The van der Waals surface area contributed by atoms with Crippen molar-refractivity contribution in [2.24, 2.45) is 0 Å². The number of phenolic OH excluding ortho intramolecular Hbond substituents is 1. The smallest absolute Gasteiger partial charge is 0.337 e. The van der Waals surface area contributed by atoms with Crippen LogP contribution in [0, 0.1) is 6.92 Å². The summed E-state index contributed by atoms with van der Waals surface area (Å²) in [5, 5.41) is 29.6. The molecule has 1 aliphatic heterocycles. The van der Waals surface area contributed by atoms with Crippen molar-refractivity contribution in [2.45, 2.75) is 6.92 Å². The lowest BCUT2D eigenvalue weighted by atomic mass is 10.1. The predicted molar refractivity (Wildman–Crippen MR) is 92.5 cm³/mol. The van der Waals surface area contributed by atoms with Crippen molar-refractivity contribution in [3.63, 3.8) is 0 Å². The molecule has 10 nitrogen and oxygen atoms in total. The summed E-state index contributed by atoms with van der Waals surface area (Å²) in [6, 6.07) is 4.46. The van der Waals surface area contributed by atoms with Gasteiger partial charge < -0.3 is 29.6 Å². The molecule has 2 heterocycles. The van der Waals surface area contributed by atoms with Crippen molar-refractivity contribution in [2.75, 3.05) is 32.1 Å². The number of aryl methyl sites for hydroxylation is 1. The monoisotopic (exact) mass is 374 g/mol. The fourth-order valence-corrected chi connectivity index (χ4v) is 2.68. The molecule has 0 bridgehead atoms. The van der Waals surface area contributed by atoms with Crippen molar-refractivity contribution in [3.8, 4) is 17.2 Å². The largest absolute Gasteiger partial charge is 0.507 e. The predicted octanol–water partition coefficient (Wildman–Crippen LogP) is 0.424. The summed E-state index contributed by atoms with van der Waals surface area (Å²) in [5.74, 6) is -0.698. The summed E-state index contributed by atoms with van der Waals surface area (Å²) in [7, 11) is 1.22. The number of carbonyl (C=O) groups is 2. The number of benzene rings is 1. The number of hydrogen-bond acceptors (Lipinski definition) is 9. The van der Waals surface area contributed by atoms with Gasteiger partial charge in [-0.15, -0.1) is 10.2 Å². The van der Waals surface area contributed by atoms with Gasteiger partial charge in [0.15, 0.2) is 0 Å². The van der Waals surface area contributed by atoms with Crippen LogP contribution in [-0.2, 0) is 14.3 Å². The second-order valence-corrected chi connectivity index (χ2v) is 5.78. The molecule has 0 spiro atoms. The zero-order chi connectivity index (χ0) is 19.6. The normalized spacial score (nSPS) is 14.0. The van der Waals surface area contributed by atoms with Crippen molar-refractivity contribution in [3.05, 3.63) is 35.4 Å². The number of hydrogen-bond donors (Lipinski definition) is 3. The first kappa shape index (κ1) is 18.4. The van der Waals surface area contributed by atoms with Crippen LogP contribution in [0.4, 0.5) is 5.69 Å². The first-order valence-corrected chi connectivity index (χ1v) is 8.06. The van der Waals surface area contributed by atoms with Crippen LogP contribution in [0.2, 0.25) is 0 Å². The molecule has 1 aromatic carbocycles. The number of nitrogens with zero attached hydrogens (tertiary/aromatic N) is 3. The van der Waals surface area contributed by atoms with E-state index in [1.807, 2.05) is 0 Å². The van der Waals surface area contributed by atoms with Crippen LogP contribution in [-0.4, -0.2) is 64.0 Å². The highest BCUT2D eigenvalue weighted by Gasteiger charge is 2.34. The van der Waals surface area contributed by atoms with Crippen LogP contribution >= 0.6 is 0 Å². The van der Waals surface area contributed by atoms with Crippen LogP contribution in [0.25, 0.3) is 11.5 Å². The molecule has 1 aromatic heterocycles. The third-order valence-corrected chi connectivity index (χ3v) is 3.98. The highest BCUT2D eigenvalue weighted by atomic mass is 16.5. The molecular formula is C17H18N4O6. The van der Waals surface area contributed by atoms with Crippen LogP contribution in [0.3, 0.4) is 0 Å². The zero-order valence-electron chi connectivity index (χ0n) is 14.7. The van der Waals surface area contributed by atoms with E-state index < -0.39 is 11.9 Å². The minimum Gasteiger partial charge on any atom is -0.507 e. The Labute approximate surface area is 154 Å². The summed E-state index contributed by atoms with van der Waals surface area (Å²) >= 11 is 0. The maximum Gasteiger partial charge on any atom is 0.337 e. The van der Waals surface area contributed by atoms with E-state index in [4.69, 9.17) is 14.3 Å². The summed E-state index contributed by atoms with van der Waals surface area (Å²) < 4.78 is 10.1. The van der Waals surface area contributed by atoms with Gasteiger partial charge in [0.1, 0.15) is 11.4 Å². The van der Waals surface area contributed by atoms with Gasteiger partial charge in [-0.3, -0.25) is 4.79 Å². The van der Waals surface area contributed by atoms with Crippen molar-refractivity contribution >= 4 is 17.6 Å². The molecular weight excluding hydrogens is 356 g/mol. The van der Waals surface area contributed by atoms with E-state index >= 15 is 0 Å². The molecule has 0 fully saturated rings. The van der Waals surface area contributed by atoms with Gasteiger partial charge in [-0.1, -0.05) is 0 Å². The maximum atomic E-state index is 12.6. The lowest BCUT2D eigenvalue weighted by molar-refractivity contribution is -0.136. The molecule has 0 radical (unpaired) electrons. The quantitative estimate of drug-likeness (QED) is 0.485. The Morgan fingerprint density at radius 1 is 1.41 bits per heavy atom. The number of aliphatic hydroxyl groups excluding tert-OH is 1. The van der Waals surface area contributed by atoms with E-state index in [9.17, 15) is 14.7 Å². The average Bonchev–Trinajstić information content (AvgIpc) is 3.21. The van der Waals surface area contributed by atoms with Gasteiger partial charge in [0, 0.05) is 19.2 Å². The molecule has 0 saturated carbocycles. The Kier molecular flexibility index (Phi) is 5.08. The Hall–Kier alpha value is -3.40. The van der Waals surface area contributed by atoms with Gasteiger partial charge in [0.2, 0.25) is 5.89 Å². The van der Waals surface area contributed by atoms with E-state index in [1.165, 1.54) is 30.2 Å². The molecule has 3 N–H and O–H groups in total. The standard InChI is InChI=1S/C17H18N4O6/c1-9-19-20-15(27-9)11-7-10(3-4-13(11)23)18-14-12(17(25)26-2)8-21(5-6-22)16(14)24/h3-4,7,18,22-23H,5-6,8H2,1-2H3. The van der Waals surface area contributed by atoms with Crippen LogP contribution in [0.1, 0.15) is 5.89 Å². The minimum absolute atomic E-state index is 0.0300. The van der Waals surface area contributed by atoms with E-state index in [1.54, 1.807) is 6.92 Å².